The van der Waals surface area contributed by atoms with Crippen molar-refractivity contribution in [3.63, 3.8) is 0 Å². The standard InChI is InChI=1S/C18H10Cl2N2/c19-13-5-1-3-9-11-7-16-12(8-15(11)21-17(9)13)10-4-2-6-14(20)18(10)22-16/h1-8,21-22H. The number of aromatic amines is 2. The molecule has 0 aliphatic rings. The number of aromatic nitrogens is 2. The molecule has 0 fully saturated rings. The van der Waals surface area contributed by atoms with E-state index in [1.165, 1.54) is 0 Å². The van der Waals surface area contributed by atoms with E-state index in [-0.39, 0.29) is 0 Å². The predicted octanol–water partition coefficient (Wildman–Crippen LogP) is 6.26. The molecule has 3 aromatic carbocycles. The average Bonchev–Trinajstić information content (AvgIpc) is 3.05. The molecule has 0 radical (unpaired) electrons. The molecule has 0 aliphatic carbocycles. The summed E-state index contributed by atoms with van der Waals surface area (Å²) in [5.74, 6) is 0. The van der Waals surface area contributed by atoms with Crippen molar-refractivity contribution in [1.82, 2.24) is 9.97 Å². The number of benzene rings is 3. The minimum Gasteiger partial charge on any atom is -0.353 e. The minimum atomic E-state index is 0.741. The molecule has 2 aromatic heterocycles. The molecular weight excluding hydrogens is 315 g/mol. The molecule has 0 spiro atoms. The molecule has 2 heterocycles. The van der Waals surface area contributed by atoms with Crippen LogP contribution in [-0.4, -0.2) is 9.97 Å². The maximum Gasteiger partial charge on any atom is 0.0654 e. The number of halogens is 2. The van der Waals surface area contributed by atoms with Crippen LogP contribution < -0.4 is 0 Å². The van der Waals surface area contributed by atoms with Crippen LogP contribution in [0.15, 0.2) is 48.5 Å². The normalized spacial score (nSPS) is 12.1. The van der Waals surface area contributed by atoms with Crippen LogP contribution in [0.25, 0.3) is 43.6 Å². The van der Waals surface area contributed by atoms with Crippen LogP contribution in [0.1, 0.15) is 0 Å². The lowest BCUT2D eigenvalue weighted by molar-refractivity contribution is 1.54. The van der Waals surface area contributed by atoms with Gasteiger partial charge in [0.05, 0.1) is 21.1 Å². The van der Waals surface area contributed by atoms with Gasteiger partial charge in [0, 0.05) is 32.6 Å². The number of rotatable bonds is 0. The number of H-pyrrole nitrogens is 2. The Bertz CT molecular complexity index is 1100. The van der Waals surface area contributed by atoms with Gasteiger partial charge in [-0.15, -0.1) is 0 Å². The summed E-state index contributed by atoms with van der Waals surface area (Å²) >= 11 is 12.6. The Morgan fingerprint density at radius 2 is 1.05 bits per heavy atom. The summed E-state index contributed by atoms with van der Waals surface area (Å²) in [6.07, 6.45) is 0. The van der Waals surface area contributed by atoms with E-state index in [2.05, 4.69) is 34.2 Å². The van der Waals surface area contributed by atoms with E-state index >= 15 is 0 Å². The van der Waals surface area contributed by atoms with Crippen LogP contribution in [-0.2, 0) is 0 Å². The fraction of sp³-hybridized carbons (Fsp3) is 0. The van der Waals surface area contributed by atoms with Crippen molar-refractivity contribution < 1.29 is 0 Å². The van der Waals surface area contributed by atoms with Crippen LogP contribution in [0, 0.1) is 0 Å². The van der Waals surface area contributed by atoms with Gasteiger partial charge in [0.15, 0.2) is 0 Å². The van der Waals surface area contributed by atoms with Gasteiger partial charge in [-0.2, -0.15) is 0 Å². The smallest absolute Gasteiger partial charge is 0.0654 e. The second-order valence-corrected chi connectivity index (χ2v) is 6.33. The van der Waals surface area contributed by atoms with Crippen molar-refractivity contribution in [3.8, 4) is 0 Å². The molecule has 5 rings (SSSR count). The van der Waals surface area contributed by atoms with Gasteiger partial charge in [0.2, 0.25) is 0 Å². The van der Waals surface area contributed by atoms with E-state index in [9.17, 15) is 0 Å². The van der Waals surface area contributed by atoms with Crippen molar-refractivity contribution in [2.75, 3.05) is 0 Å². The number of fused-ring (bicyclic) bond motifs is 6. The predicted molar refractivity (Wildman–Crippen MR) is 95.2 cm³/mol. The third kappa shape index (κ3) is 1.51. The van der Waals surface area contributed by atoms with E-state index in [1.807, 2.05) is 24.3 Å². The van der Waals surface area contributed by atoms with Crippen LogP contribution in [0.3, 0.4) is 0 Å². The number of hydrogen-bond donors (Lipinski definition) is 2. The Morgan fingerprint density at radius 3 is 1.50 bits per heavy atom. The Morgan fingerprint density at radius 1 is 0.591 bits per heavy atom. The average molecular weight is 325 g/mol. The SMILES string of the molecule is Clc1cccc2c1[nH]c1cc3c(cc12)[nH]c1c(Cl)cccc13. The molecule has 0 bridgehead atoms. The summed E-state index contributed by atoms with van der Waals surface area (Å²) in [6, 6.07) is 16.3. The quantitative estimate of drug-likeness (QED) is 0.337. The third-order valence-corrected chi connectivity index (χ3v) is 4.91. The van der Waals surface area contributed by atoms with Crippen molar-refractivity contribution >= 4 is 66.8 Å². The highest BCUT2D eigenvalue weighted by Gasteiger charge is 2.12. The highest BCUT2D eigenvalue weighted by molar-refractivity contribution is 6.37. The summed E-state index contributed by atoms with van der Waals surface area (Å²) in [6.45, 7) is 0. The van der Waals surface area contributed by atoms with E-state index in [0.717, 1.165) is 53.7 Å². The highest BCUT2D eigenvalue weighted by Crippen LogP contribution is 2.36. The van der Waals surface area contributed by atoms with Crippen LogP contribution in [0.2, 0.25) is 10.0 Å². The summed E-state index contributed by atoms with van der Waals surface area (Å²) in [4.78, 5) is 6.86. The molecule has 0 atom stereocenters. The van der Waals surface area contributed by atoms with Gasteiger partial charge in [0.1, 0.15) is 0 Å². The van der Waals surface area contributed by atoms with Crippen LogP contribution in [0.5, 0.6) is 0 Å². The molecule has 2 N–H and O–H groups in total. The summed E-state index contributed by atoms with van der Waals surface area (Å²) in [5, 5.41) is 6.07. The van der Waals surface area contributed by atoms with Gasteiger partial charge in [-0.05, 0) is 24.3 Å². The molecule has 106 valence electrons. The van der Waals surface area contributed by atoms with Gasteiger partial charge in [-0.25, -0.2) is 0 Å². The van der Waals surface area contributed by atoms with E-state index < -0.39 is 0 Å². The largest absolute Gasteiger partial charge is 0.353 e. The van der Waals surface area contributed by atoms with Gasteiger partial charge in [-0.3, -0.25) is 0 Å². The van der Waals surface area contributed by atoms with Crippen LogP contribution in [0.4, 0.5) is 0 Å². The first-order valence-electron chi connectivity index (χ1n) is 7.02. The summed E-state index contributed by atoms with van der Waals surface area (Å²) in [5.41, 5.74) is 4.12. The number of nitrogens with one attached hydrogen (secondary N) is 2. The second-order valence-electron chi connectivity index (χ2n) is 5.52. The molecule has 0 unspecified atom stereocenters. The Labute approximate surface area is 135 Å². The molecule has 5 aromatic rings. The van der Waals surface area contributed by atoms with Gasteiger partial charge in [0.25, 0.3) is 0 Å². The van der Waals surface area contributed by atoms with Crippen molar-refractivity contribution in [2.24, 2.45) is 0 Å². The third-order valence-electron chi connectivity index (χ3n) is 4.28. The topological polar surface area (TPSA) is 31.6 Å². The van der Waals surface area contributed by atoms with E-state index in [0.29, 0.717) is 0 Å². The molecule has 0 aliphatic heterocycles. The second kappa shape index (κ2) is 4.19. The fourth-order valence-corrected chi connectivity index (χ4v) is 3.72. The first-order valence-corrected chi connectivity index (χ1v) is 7.78. The zero-order valence-electron chi connectivity index (χ0n) is 11.4. The molecule has 2 nitrogen and oxygen atoms in total. The van der Waals surface area contributed by atoms with Gasteiger partial charge < -0.3 is 9.97 Å². The maximum absolute atomic E-state index is 6.29. The zero-order valence-corrected chi connectivity index (χ0v) is 12.9. The lowest BCUT2D eigenvalue weighted by Crippen LogP contribution is -1.70. The fourth-order valence-electron chi connectivity index (χ4n) is 3.27. The molecular formula is C18H10Cl2N2. The summed E-state index contributed by atoms with van der Waals surface area (Å²) in [7, 11) is 0. The molecule has 0 saturated heterocycles. The number of hydrogen-bond acceptors (Lipinski definition) is 0. The van der Waals surface area contributed by atoms with Crippen LogP contribution >= 0.6 is 23.2 Å². The van der Waals surface area contributed by atoms with Crippen molar-refractivity contribution in [3.05, 3.63) is 58.6 Å². The van der Waals surface area contributed by atoms with E-state index in [1.54, 1.807) is 0 Å². The summed E-state index contributed by atoms with van der Waals surface area (Å²) < 4.78 is 0. The minimum absolute atomic E-state index is 0.741. The molecule has 22 heavy (non-hydrogen) atoms. The Hall–Kier alpha value is -2.16. The van der Waals surface area contributed by atoms with Gasteiger partial charge in [-0.1, -0.05) is 47.5 Å². The Kier molecular flexibility index (Phi) is 2.36. The lowest BCUT2D eigenvalue weighted by atomic mass is 10.1. The van der Waals surface area contributed by atoms with E-state index in [4.69, 9.17) is 23.2 Å². The Balaban J connectivity index is 2.02. The zero-order chi connectivity index (χ0) is 14.8. The molecule has 4 heteroatoms. The first-order chi connectivity index (χ1) is 10.7. The molecule has 0 saturated carbocycles. The monoisotopic (exact) mass is 324 g/mol. The highest BCUT2D eigenvalue weighted by atomic mass is 35.5. The maximum atomic E-state index is 6.29. The molecule has 0 amide bonds. The first kappa shape index (κ1) is 12.4. The van der Waals surface area contributed by atoms with Gasteiger partial charge >= 0.3 is 0 Å². The lowest BCUT2D eigenvalue weighted by Gasteiger charge is -1.94. The van der Waals surface area contributed by atoms with Crippen molar-refractivity contribution in [2.45, 2.75) is 0 Å². The van der Waals surface area contributed by atoms with Crippen molar-refractivity contribution in [1.29, 1.82) is 0 Å². The number of para-hydroxylation sites is 2.